The van der Waals surface area contributed by atoms with Gasteiger partial charge < -0.3 is 10.4 Å². The fraction of sp³-hybridized carbons (Fsp3) is 0.0909. The van der Waals surface area contributed by atoms with Gasteiger partial charge in [0.1, 0.15) is 11.7 Å². The first kappa shape index (κ1) is 19.0. The number of hydrogen-bond acceptors (Lipinski definition) is 4. The summed E-state index contributed by atoms with van der Waals surface area (Å²) in [7, 11) is 0. The van der Waals surface area contributed by atoms with Gasteiger partial charge in [0, 0.05) is 23.7 Å². The maximum atomic E-state index is 12.4. The number of carboxylic acids is 1. The molecule has 0 spiro atoms. The molecule has 0 saturated carbocycles. The highest BCUT2D eigenvalue weighted by Gasteiger charge is 2.22. The number of benzene rings is 2. The van der Waals surface area contributed by atoms with Crippen LogP contribution < -0.4 is 5.32 Å². The highest BCUT2D eigenvalue weighted by molar-refractivity contribution is 6.08. The van der Waals surface area contributed by atoms with Crippen molar-refractivity contribution in [1.82, 2.24) is 10.3 Å². The van der Waals surface area contributed by atoms with Crippen molar-refractivity contribution in [3.63, 3.8) is 0 Å². The molecule has 1 heterocycles. The third-order valence-corrected chi connectivity index (χ3v) is 4.19. The van der Waals surface area contributed by atoms with Crippen molar-refractivity contribution in [3.05, 3.63) is 101 Å². The Hall–Kier alpha value is -3.80. The van der Waals surface area contributed by atoms with Crippen molar-refractivity contribution in [2.24, 2.45) is 0 Å². The number of amides is 1. The number of aromatic nitrogens is 1. The smallest absolute Gasteiger partial charge is 0.326 e. The van der Waals surface area contributed by atoms with E-state index < -0.39 is 17.9 Å². The van der Waals surface area contributed by atoms with Crippen molar-refractivity contribution in [2.45, 2.75) is 12.5 Å². The molecule has 1 amide bonds. The molecule has 28 heavy (non-hydrogen) atoms. The lowest BCUT2D eigenvalue weighted by atomic mass is 9.99. The first-order valence-electron chi connectivity index (χ1n) is 8.68. The molecule has 0 unspecified atom stereocenters. The number of rotatable bonds is 7. The molecule has 0 bridgehead atoms. The van der Waals surface area contributed by atoms with E-state index >= 15 is 0 Å². The van der Waals surface area contributed by atoms with E-state index in [0.29, 0.717) is 16.7 Å². The number of carbonyl (C=O) groups excluding carboxylic acids is 2. The quantitative estimate of drug-likeness (QED) is 0.620. The molecule has 0 radical (unpaired) electrons. The molecule has 2 N–H and O–H groups in total. The summed E-state index contributed by atoms with van der Waals surface area (Å²) >= 11 is 0. The van der Waals surface area contributed by atoms with E-state index in [-0.39, 0.29) is 17.9 Å². The standard InChI is InChI=1S/C22H18N2O4/c25-20(16-6-2-1-3-7-16)17-11-9-15(10-12-17)14-19(22(27)28)24-21(26)18-8-4-5-13-23-18/h1-13,19H,14H2,(H,24,26)(H,27,28)/t19-/m1/s1. The molecule has 2 aromatic carbocycles. The summed E-state index contributed by atoms with van der Waals surface area (Å²) in [5, 5.41) is 11.9. The zero-order chi connectivity index (χ0) is 19.9. The number of carboxylic acid groups (broad SMARTS) is 1. The molecule has 3 aromatic rings. The summed E-state index contributed by atoms with van der Waals surface area (Å²) in [6, 6.07) is 19.3. The molecule has 0 aliphatic carbocycles. The lowest BCUT2D eigenvalue weighted by molar-refractivity contribution is -0.139. The van der Waals surface area contributed by atoms with Crippen LogP contribution in [0.3, 0.4) is 0 Å². The van der Waals surface area contributed by atoms with Gasteiger partial charge in [-0.2, -0.15) is 0 Å². The zero-order valence-electron chi connectivity index (χ0n) is 14.9. The van der Waals surface area contributed by atoms with Crippen LogP contribution in [0.15, 0.2) is 79.0 Å². The Morgan fingerprint density at radius 2 is 1.50 bits per heavy atom. The van der Waals surface area contributed by atoms with E-state index in [1.807, 2.05) is 6.07 Å². The zero-order valence-corrected chi connectivity index (χ0v) is 14.9. The van der Waals surface area contributed by atoms with Crippen LogP contribution in [0.25, 0.3) is 0 Å². The van der Waals surface area contributed by atoms with E-state index in [4.69, 9.17) is 0 Å². The van der Waals surface area contributed by atoms with Crippen LogP contribution in [-0.4, -0.2) is 33.8 Å². The molecule has 1 aromatic heterocycles. The average molecular weight is 374 g/mol. The number of ketones is 1. The van der Waals surface area contributed by atoms with Gasteiger partial charge in [-0.05, 0) is 17.7 Å². The predicted molar refractivity (Wildman–Crippen MR) is 103 cm³/mol. The second kappa shape index (κ2) is 8.73. The van der Waals surface area contributed by atoms with Crippen molar-refractivity contribution < 1.29 is 19.5 Å². The summed E-state index contributed by atoms with van der Waals surface area (Å²) in [4.78, 5) is 40.1. The third-order valence-electron chi connectivity index (χ3n) is 4.19. The molecule has 0 aliphatic heterocycles. The maximum absolute atomic E-state index is 12.4. The van der Waals surface area contributed by atoms with E-state index in [2.05, 4.69) is 10.3 Å². The van der Waals surface area contributed by atoms with Crippen LogP contribution in [0, 0.1) is 0 Å². The van der Waals surface area contributed by atoms with Gasteiger partial charge in [-0.15, -0.1) is 0 Å². The van der Waals surface area contributed by atoms with Gasteiger partial charge in [0.05, 0.1) is 0 Å². The van der Waals surface area contributed by atoms with Gasteiger partial charge in [0.25, 0.3) is 5.91 Å². The van der Waals surface area contributed by atoms with Crippen molar-refractivity contribution in [1.29, 1.82) is 0 Å². The minimum atomic E-state index is -1.14. The Bertz CT molecular complexity index is 970. The Labute approximate surface area is 161 Å². The molecule has 0 saturated heterocycles. The molecule has 1 atom stereocenters. The van der Waals surface area contributed by atoms with Gasteiger partial charge in [-0.25, -0.2) is 4.79 Å². The topological polar surface area (TPSA) is 96.4 Å². The number of hydrogen-bond donors (Lipinski definition) is 2. The highest BCUT2D eigenvalue weighted by Crippen LogP contribution is 2.12. The van der Waals surface area contributed by atoms with Gasteiger partial charge in [-0.1, -0.05) is 60.7 Å². The summed E-state index contributed by atoms with van der Waals surface area (Å²) in [6.45, 7) is 0. The lowest BCUT2D eigenvalue weighted by Crippen LogP contribution is -2.42. The third kappa shape index (κ3) is 4.67. The number of aliphatic carboxylic acids is 1. The summed E-state index contributed by atoms with van der Waals surface area (Å²) in [5.41, 5.74) is 1.94. The normalized spacial score (nSPS) is 11.4. The SMILES string of the molecule is O=C(c1ccccc1)c1ccc(C[C@@H](NC(=O)c2ccccn2)C(=O)O)cc1. The van der Waals surface area contributed by atoms with Gasteiger partial charge >= 0.3 is 5.97 Å². The predicted octanol–water partition coefficient (Wildman–Crippen LogP) is 2.74. The molecule has 140 valence electrons. The molecule has 6 nitrogen and oxygen atoms in total. The fourth-order valence-corrected chi connectivity index (χ4v) is 2.71. The average Bonchev–Trinajstić information content (AvgIpc) is 2.74. The van der Waals surface area contributed by atoms with E-state index in [1.165, 1.54) is 12.3 Å². The molecule has 0 aliphatic rings. The Kier molecular flexibility index (Phi) is 5.91. The Morgan fingerprint density at radius 1 is 0.857 bits per heavy atom. The van der Waals surface area contributed by atoms with Crippen LogP contribution in [0.5, 0.6) is 0 Å². The van der Waals surface area contributed by atoms with Gasteiger partial charge in [0.2, 0.25) is 0 Å². The number of nitrogens with one attached hydrogen (secondary N) is 1. The highest BCUT2D eigenvalue weighted by atomic mass is 16.4. The minimum absolute atomic E-state index is 0.0910. The van der Waals surface area contributed by atoms with Crippen LogP contribution >= 0.6 is 0 Å². The van der Waals surface area contributed by atoms with E-state index in [1.54, 1.807) is 60.7 Å². The number of carbonyl (C=O) groups is 3. The van der Waals surface area contributed by atoms with Crippen LogP contribution in [0.1, 0.15) is 32.0 Å². The second-order valence-corrected chi connectivity index (χ2v) is 6.18. The molecule has 6 heteroatoms. The summed E-state index contributed by atoms with van der Waals surface area (Å²) in [6.07, 6.45) is 1.56. The second-order valence-electron chi connectivity index (χ2n) is 6.18. The Balaban J connectivity index is 1.69. The van der Waals surface area contributed by atoms with Crippen molar-refractivity contribution in [3.8, 4) is 0 Å². The largest absolute Gasteiger partial charge is 0.480 e. The first-order chi connectivity index (χ1) is 13.5. The van der Waals surface area contributed by atoms with E-state index in [9.17, 15) is 19.5 Å². The lowest BCUT2D eigenvalue weighted by Gasteiger charge is -2.14. The summed E-state index contributed by atoms with van der Waals surface area (Å²) in [5.74, 6) is -1.80. The van der Waals surface area contributed by atoms with Crippen LogP contribution in [0.2, 0.25) is 0 Å². The Morgan fingerprint density at radius 3 is 2.11 bits per heavy atom. The number of pyridine rings is 1. The van der Waals surface area contributed by atoms with Crippen LogP contribution in [0.4, 0.5) is 0 Å². The molecule has 3 rings (SSSR count). The molecular formula is C22H18N2O4. The number of nitrogens with zero attached hydrogens (tertiary/aromatic N) is 1. The van der Waals surface area contributed by atoms with Crippen LogP contribution in [-0.2, 0) is 11.2 Å². The van der Waals surface area contributed by atoms with Crippen molar-refractivity contribution >= 4 is 17.7 Å². The molecule has 0 fully saturated rings. The minimum Gasteiger partial charge on any atom is -0.480 e. The summed E-state index contributed by atoms with van der Waals surface area (Å²) < 4.78 is 0. The van der Waals surface area contributed by atoms with Gasteiger partial charge in [0.15, 0.2) is 5.78 Å². The maximum Gasteiger partial charge on any atom is 0.326 e. The fourth-order valence-electron chi connectivity index (χ4n) is 2.71. The molecular weight excluding hydrogens is 356 g/mol. The van der Waals surface area contributed by atoms with E-state index in [0.717, 1.165) is 0 Å². The van der Waals surface area contributed by atoms with Gasteiger partial charge in [-0.3, -0.25) is 14.6 Å². The first-order valence-corrected chi connectivity index (χ1v) is 8.68. The van der Waals surface area contributed by atoms with Crippen molar-refractivity contribution in [2.75, 3.05) is 0 Å². The monoisotopic (exact) mass is 374 g/mol.